The van der Waals surface area contributed by atoms with Crippen LogP contribution in [0.1, 0.15) is 10.4 Å². The van der Waals surface area contributed by atoms with Crippen LogP contribution < -0.4 is 11.1 Å². The number of carbonyl (C=O) groups excluding carboxylic acids is 1. The van der Waals surface area contributed by atoms with Crippen molar-refractivity contribution in [2.75, 3.05) is 11.1 Å². The molecule has 0 fully saturated rings. The predicted octanol–water partition coefficient (Wildman–Crippen LogP) is 3.47. The lowest BCUT2D eigenvalue weighted by molar-refractivity contribution is 0.102. The summed E-state index contributed by atoms with van der Waals surface area (Å²) in [4.78, 5) is 15.8. The molecule has 1 aromatic carbocycles. The van der Waals surface area contributed by atoms with Gasteiger partial charge in [0.1, 0.15) is 5.82 Å². The number of anilines is 2. The number of amides is 1. The van der Waals surface area contributed by atoms with Gasteiger partial charge in [-0.2, -0.15) is 0 Å². The summed E-state index contributed by atoms with van der Waals surface area (Å²) in [5.41, 5.74) is 5.94. The van der Waals surface area contributed by atoms with Crippen molar-refractivity contribution < 1.29 is 9.18 Å². The van der Waals surface area contributed by atoms with E-state index in [2.05, 4.69) is 26.2 Å². The Labute approximate surface area is 121 Å². The van der Waals surface area contributed by atoms with E-state index in [1.807, 2.05) is 0 Å². The fraction of sp³-hybridized carbons (Fsp3) is 0. The zero-order valence-corrected chi connectivity index (χ0v) is 11.8. The molecular formula is C12H8BrClFN3O. The molecule has 0 bridgehead atoms. The lowest BCUT2D eigenvalue weighted by Crippen LogP contribution is -2.14. The molecule has 0 saturated carbocycles. The summed E-state index contributed by atoms with van der Waals surface area (Å²) in [5.74, 6) is -1.31. The molecule has 0 atom stereocenters. The minimum absolute atomic E-state index is 0.112. The second-order valence-electron chi connectivity index (χ2n) is 3.69. The topological polar surface area (TPSA) is 68.0 Å². The SMILES string of the molecule is Nc1ccc(F)c(C(=O)Nc2cc(Br)cnc2Cl)c1. The minimum Gasteiger partial charge on any atom is -0.399 e. The molecule has 0 aliphatic heterocycles. The maximum absolute atomic E-state index is 13.5. The Morgan fingerprint density at radius 2 is 2.16 bits per heavy atom. The molecule has 0 aliphatic carbocycles. The Hall–Kier alpha value is -1.66. The van der Waals surface area contributed by atoms with Crippen LogP contribution in [0.2, 0.25) is 5.15 Å². The van der Waals surface area contributed by atoms with Crippen LogP contribution >= 0.6 is 27.5 Å². The van der Waals surface area contributed by atoms with Crippen molar-refractivity contribution in [3.8, 4) is 0 Å². The van der Waals surface area contributed by atoms with Gasteiger partial charge in [-0.1, -0.05) is 11.6 Å². The third-order valence-electron chi connectivity index (χ3n) is 2.29. The number of nitrogens with one attached hydrogen (secondary N) is 1. The molecule has 19 heavy (non-hydrogen) atoms. The van der Waals surface area contributed by atoms with Gasteiger partial charge in [-0.15, -0.1) is 0 Å². The Kier molecular flexibility index (Phi) is 4.01. The second kappa shape index (κ2) is 5.54. The summed E-state index contributed by atoms with van der Waals surface area (Å²) >= 11 is 9.04. The lowest BCUT2D eigenvalue weighted by Gasteiger charge is -2.08. The highest BCUT2D eigenvalue weighted by Gasteiger charge is 2.14. The summed E-state index contributed by atoms with van der Waals surface area (Å²) in [6.45, 7) is 0. The predicted molar refractivity (Wildman–Crippen MR) is 75.7 cm³/mol. The molecule has 98 valence electrons. The molecule has 1 heterocycles. The third kappa shape index (κ3) is 3.21. The summed E-state index contributed by atoms with van der Waals surface area (Å²) in [6.07, 6.45) is 1.49. The molecule has 3 N–H and O–H groups in total. The molecule has 0 unspecified atom stereocenters. The maximum Gasteiger partial charge on any atom is 0.258 e. The van der Waals surface area contributed by atoms with Crippen LogP contribution in [0, 0.1) is 5.82 Å². The summed E-state index contributed by atoms with van der Waals surface area (Å²) < 4.78 is 14.2. The quantitative estimate of drug-likeness (QED) is 0.647. The van der Waals surface area contributed by atoms with E-state index in [1.54, 1.807) is 6.07 Å². The van der Waals surface area contributed by atoms with Crippen LogP contribution in [-0.4, -0.2) is 10.9 Å². The highest BCUT2D eigenvalue weighted by atomic mass is 79.9. The fourth-order valence-electron chi connectivity index (χ4n) is 1.42. The van der Waals surface area contributed by atoms with Gasteiger partial charge in [-0.3, -0.25) is 4.79 Å². The Balaban J connectivity index is 2.30. The van der Waals surface area contributed by atoms with Gasteiger partial charge in [0.05, 0.1) is 11.3 Å². The van der Waals surface area contributed by atoms with E-state index in [0.717, 1.165) is 6.07 Å². The summed E-state index contributed by atoms with van der Waals surface area (Å²) in [7, 11) is 0. The standard InChI is InChI=1S/C12H8BrClFN3O/c13-6-3-10(11(14)17-5-6)18-12(19)8-4-7(16)1-2-9(8)15/h1-5H,16H2,(H,18,19). The normalized spacial score (nSPS) is 10.3. The second-order valence-corrected chi connectivity index (χ2v) is 4.96. The van der Waals surface area contributed by atoms with E-state index in [9.17, 15) is 9.18 Å². The average molecular weight is 345 g/mol. The van der Waals surface area contributed by atoms with Crippen LogP contribution in [-0.2, 0) is 0 Å². The van der Waals surface area contributed by atoms with Crippen LogP contribution in [0.15, 0.2) is 34.9 Å². The van der Waals surface area contributed by atoms with Crippen LogP contribution in [0.5, 0.6) is 0 Å². The van der Waals surface area contributed by atoms with Crippen LogP contribution in [0.4, 0.5) is 15.8 Å². The fourth-order valence-corrected chi connectivity index (χ4v) is 1.90. The van der Waals surface area contributed by atoms with Gasteiger partial charge in [0.15, 0.2) is 5.15 Å². The van der Waals surface area contributed by atoms with E-state index in [4.69, 9.17) is 17.3 Å². The Bertz CT molecular complexity index is 651. The number of aromatic nitrogens is 1. The largest absolute Gasteiger partial charge is 0.399 e. The molecule has 4 nitrogen and oxygen atoms in total. The van der Waals surface area contributed by atoms with Crippen molar-refractivity contribution in [1.82, 2.24) is 4.98 Å². The zero-order chi connectivity index (χ0) is 14.0. The monoisotopic (exact) mass is 343 g/mol. The molecule has 1 amide bonds. The molecular weight excluding hydrogens is 337 g/mol. The highest BCUT2D eigenvalue weighted by molar-refractivity contribution is 9.10. The van der Waals surface area contributed by atoms with Crippen molar-refractivity contribution in [3.05, 3.63) is 51.5 Å². The summed E-state index contributed by atoms with van der Waals surface area (Å²) in [6, 6.07) is 5.33. The van der Waals surface area contributed by atoms with E-state index >= 15 is 0 Å². The third-order valence-corrected chi connectivity index (χ3v) is 3.02. The van der Waals surface area contributed by atoms with Gasteiger partial charge in [-0.05, 0) is 40.2 Å². The molecule has 0 aliphatic rings. The van der Waals surface area contributed by atoms with E-state index in [1.165, 1.54) is 18.3 Å². The Morgan fingerprint density at radius 1 is 1.42 bits per heavy atom. The van der Waals surface area contributed by atoms with Crippen molar-refractivity contribution in [3.63, 3.8) is 0 Å². The van der Waals surface area contributed by atoms with Crippen molar-refractivity contribution in [2.24, 2.45) is 0 Å². The lowest BCUT2D eigenvalue weighted by atomic mass is 10.1. The maximum atomic E-state index is 13.5. The first-order valence-corrected chi connectivity index (χ1v) is 6.32. The van der Waals surface area contributed by atoms with Crippen LogP contribution in [0.3, 0.4) is 0 Å². The number of hydrogen-bond acceptors (Lipinski definition) is 3. The molecule has 2 aromatic rings. The zero-order valence-electron chi connectivity index (χ0n) is 9.45. The highest BCUT2D eigenvalue weighted by Crippen LogP contribution is 2.24. The van der Waals surface area contributed by atoms with Gasteiger partial charge >= 0.3 is 0 Å². The number of benzene rings is 1. The number of carbonyl (C=O) groups is 1. The Morgan fingerprint density at radius 3 is 2.89 bits per heavy atom. The molecule has 0 radical (unpaired) electrons. The number of nitrogens with zero attached hydrogens (tertiary/aromatic N) is 1. The van der Waals surface area contributed by atoms with E-state index in [0.29, 0.717) is 10.2 Å². The van der Waals surface area contributed by atoms with Gasteiger partial charge in [0, 0.05) is 16.4 Å². The number of pyridine rings is 1. The number of nitrogens with two attached hydrogens (primary N) is 1. The molecule has 1 aromatic heterocycles. The molecule has 0 saturated heterocycles. The van der Waals surface area contributed by atoms with Crippen LogP contribution in [0.25, 0.3) is 0 Å². The minimum atomic E-state index is -0.661. The van der Waals surface area contributed by atoms with Gasteiger partial charge in [-0.25, -0.2) is 9.37 Å². The van der Waals surface area contributed by atoms with Crippen molar-refractivity contribution in [2.45, 2.75) is 0 Å². The van der Waals surface area contributed by atoms with Crippen molar-refractivity contribution >= 4 is 44.8 Å². The number of halogens is 3. The van der Waals surface area contributed by atoms with Crippen molar-refractivity contribution in [1.29, 1.82) is 0 Å². The molecule has 2 rings (SSSR count). The number of nitrogen functional groups attached to an aromatic ring is 1. The summed E-state index contributed by atoms with van der Waals surface area (Å²) in [5, 5.41) is 2.59. The first-order valence-electron chi connectivity index (χ1n) is 5.15. The molecule has 0 spiro atoms. The smallest absolute Gasteiger partial charge is 0.258 e. The van der Waals surface area contributed by atoms with Gasteiger partial charge < -0.3 is 11.1 Å². The number of hydrogen-bond donors (Lipinski definition) is 2. The van der Waals surface area contributed by atoms with Gasteiger partial charge in [0.2, 0.25) is 0 Å². The number of rotatable bonds is 2. The first kappa shape index (κ1) is 13.8. The average Bonchev–Trinajstić information content (AvgIpc) is 2.36. The van der Waals surface area contributed by atoms with E-state index < -0.39 is 11.7 Å². The van der Waals surface area contributed by atoms with Gasteiger partial charge in [0.25, 0.3) is 5.91 Å². The van der Waals surface area contributed by atoms with E-state index in [-0.39, 0.29) is 16.4 Å². The first-order chi connectivity index (χ1) is 8.97. The molecule has 7 heteroatoms.